The van der Waals surface area contributed by atoms with Crippen molar-refractivity contribution in [2.45, 2.75) is 36.3 Å². The summed E-state index contributed by atoms with van der Waals surface area (Å²) >= 11 is 6.30. The molecule has 1 saturated heterocycles. The number of nitrogens with zero attached hydrogens (tertiary/aromatic N) is 1. The summed E-state index contributed by atoms with van der Waals surface area (Å²) in [5.41, 5.74) is 2.13. The van der Waals surface area contributed by atoms with E-state index >= 15 is 0 Å². The largest absolute Gasteiger partial charge is 0.497 e. The van der Waals surface area contributed by atoms with E-state index in [1.54, 1.807) is 56.5 Å². The quantitative estimate of drug-likeness (QED) is 0.210. The fourth-order valence-electron chi connectivity index (χ4n) is 4.66. The van der Waals surface area contributed by atoms with Crippen LogP contribution in [0.5, 0.6) is 5.75 Å². The lowest BCUT2D eigenvalue weighted by Crippen LogP contribution is -2.70. The molecule has 2 aliphatic heterocycles. The molecule has 3 aromatic rings. The van der Waals surface area contributed by atoms with Crippen molar-refractivity contribution in [1.29, 1.82) is 0 Å². The molecule has 9 nitrogen and oxygen atoms in total. The Hall–Kier alpha value is -3.74. The van der Waals surface area contributed by atoms with Gasteiger partial charge in [0.2, 0.25) is 5.91 Å². The highest BCUT2D eigenvalue weighted by molar-refractivity contribution is 9.10. The summed E-state index contributed by atoms with van der Waals surface area (Å²) in [7, 11) is 1.57. The molecule has 1 N–H and O–H groups in total. The third-order valence-electron chi connectivity index (χ3n) is 6.86. The predicted molar refractivity (Wildman–Crippen MR) is 171 cm³/mol. The molecule has 2 amide bonds. The van der Waals surface area contributed by atoms with Crippen LogP contribution in [0.15, 0.2) is 92.8 Å². The van der Waals surface area contributed by atoms with Crippen LogP contribution in [-0.2, 0) is 36.9 Å². The second-order valence-corrected chi connectivity index (χ2v) is 12.9. The Bertz CT molecular complexity index is 1600. The Morgan fingerprint density at radius 3 is 2.43 bits per heavy atom. The lowest BCUT2D eigenvalue weighted by molar-refractivity contribution is -0.153. The maximum Gasteiger partial charge on any atom is 0.356 e. The standard InChI is InChI=1S/C32H29BrN2O7S2/c1-3-41-31(38)21-11-14-24(23(33)16-21)44-25-18-43-30-27(34-26(36)15-19-7-5-4-6-8-19)29(37)35(30)28(25)32(39)42-17-20-9-12-22(40-2)13-10-20/h4-14,16,27,30H,3,15,17-18H2,1-2H3,(H,34,36)/t27-,30+/m1/s1. The van der Waals surface area contributed by atoms with Crippen molar-refractivity contribution in [2.24, 2.45) is 0 Å². The number of nitrogens with one attached hydrogen (secondary N) is 1. The molecule has 0 radical (unpaired) electrons. The SMILES string of the molecule is CCOC(=O)c1ccc(SC2=C(C(=O)OCc3ccc(OC)cc3)N3C(=O)[C@@H](NC(=O)Cc4ccccc4)[C@@H]3SC2)c(Br)c1. The van der Waals surface area contributed by atoms with E-state index in [1.807, 2.05) is 30.3 Å². The number of methoxy groups -OCH3 is 1. The Balaban J connectivity index is 1.37. The summed E-state index contributed by atoms with van der Waals surface area (Å²) in [6.45, 7) is 2.00. The minimum absolute atomic E-state index is 0.000708. The highest BCUT2D eigenvalue weighted by atomic mass is 79.9. The van der Waals surface area contributed by atoms with Crippen molar-refractivity contribution < 1.29 is 33.4 Å². The van der Waals surface area contributed by atoms with Crippen molar-refractivity contribution in [3.63, 3.8) is 0 Å². The summed E-state index contributed by atoms with van der Waals surface area (Å²) in [4.78, 5) is 54.8. The van der Waals surface area contributed by atoms with Gasteiger partial charge in [0, 0.05) is 20.0 Å². The van der Waals surface area contributed by atoms with E-state index in [2.05, 4.69) is 21.2 Å². The van der Waals surface area contributed by atoms with Gasteiger partial charge in [-0.25, -0.2) is 9.59 Å². The van der Waals surface area contributed by atoms with E-state index in [9.17, 15) is 19.2 Å². The van der Waals surface area contributed by atoms with Gasteiger partial charge in [0.25, 0.3) is 5.91 Å². The number of hydrogen-bond acceptors (Lipinski definition) is 9. The first kappa shape index (κ1) is 31.7. The van der Waals surface area contributed by atoms with Gasteiger partial charge in [-0.2, -0.15) is 0 Å². The Morgan fingerprint density at radius 1 is 1.00 bits per heavy atom. The third-order valence-corrected chi connectivity index (χ3v) is 10.4. The third kappa shape index (κ3) is 7.14. The minimum atomic E-state index is -0.761. The molecule has 2 heterocycles. The number of hydrogen-bond donors (Lipinski definition) is 1. The number of esters is 2. The van der Waals surface area contributed by atoms with Crippen LogP contribution in [0.3, 0.4) is 0 Å². The number of halogens is 1. The zero-order valence-corrected chi connectivity index (χ0v) is 27.1. The molecule has 3 aromatic carbocycles. The highest BCUT2D eigenvalue weighted by Crippen LogP contribution is 2.46. The molecule has 2 atom stereocenters. The average molecular weight is 698 g/mol. The first-order valence-corrected chi connectivity index (χ1v) is 16.4. The van der Waals surface area contributed by atoms with Crippen molar-refractivity contribution in [1.82, 2.24) is 10.2 Å². The maximum absolute atomic E-state index is 13.6. The zero-order chi connectivity index (χ0) is 31.2. The van der Waals surface area contributed by atoms with Gasteiger partial charge in [0.15, 0.2) is 0 Å². The van der Waals surface area contributed by atoms with Crippen molar-refractivity contribution in [2.75, 3.05) is 19.5 Å². The van der Waals surface area contributed by atoms with Crippen LogP contribution in [0.2, 0.25) is 0 Å². The minimum Gasteiger partial charge on any atom is -0.497 e. The Kier molecular flexibility index (Phi) is 10.3. The van der Waals surface area contributed by atoms with Crippen LogP contribution in [-0.4, -0.2) is 59.5 Å². The lowest BCUT2D eigenvalue weighted by Gasteiger charge is -2.49. The van der Waals surface area contributed by atoms with Gasteiger partial charge in [-0.05, 0) is 64.3 Å². The molecule has 0 spiro atoms. The molecule has 0 saturated carbocycles. The smallest absolute Gasteiger partial charge is 0.356 e. The van der Waals surface area contributed by atoms with E-state index in [4.69, 9.17) is 14.2 Å². The monoisotopic (exact) mass is 696 g/mol. The van der Waals surface area contributed by atoms with E-state index in [-0.39, 0.29) is 37.1 Å². The van der Waals surface area contributed by atoms with Crippen LogP contribution in [0.25, 0.3) is 0 Å². The lowest BCUT2D eigenvalue weighted by atomic mass is 10.0. The van der Waals surface area contributed by atoms with E-state index in [1.165, 1.54) is 28.4 Å². The summed E-state index contributed by atoms with van der Waals surface area (Å²) in [5, 5.41) is 2.39. The van der Waals surface area contributed by atoms with E-state index in [0.29, 0.717) is 26.4 Å². The summed E-state index contributed by atoms with van der Waals surface area (Å²) < 4.78 is 16.6. The van der Waals surface area contributed by atoms with Crippen LogP contribution in [0, 0.1) is 0 Å². The molecule has 228 valence electrons. The normalized spacial score (nSPS) is 17.3. The average Bonchev–Trinajstić information content (AvgIpc) is 3.04. The second-order valence-electron chi connectivity index (χ2n) is 9.78. The first-order chi connectivity index (χ1) is 21.3. The number of amides is 2. The van der Waals surface area contributed by atoms with Gasteiger partial charge >= 0.3 is 11.9 Å². The molecule has 0 bridgehead atoms. The number of thioether (sulfide) groups is 2. The van der Waals surface area contributed by atoms with Gasteiger partial charge in [0.1, 0.15) is 29.5 Å². The van der Waals surface area contributed by atoms with Crippen molar-refractivity contribution in [3.05, 3.63) is 105 Å². The fourth-order valence-corrected chi connectivity index (χ4v) is 7.75. The van der Waals surface area contributed by atoms with Gasteiger partial charge in [0.05, 0.1) is 25.7 Å². The molecule has 0 aromatic heterocycles. The highest BCUT2D eigenvalue weighted by Gasteiger charge is 2.54. The molecular weight excluding hydrogens is 668 g/mol. The summed E-state index contributed by atoms with van der Waals surface area (Å²) in [6, 6.07) is 20.7. The number of β-lactam (4-membered cyclic amide) rings is 1. The Morgan fingerprint density at radius 2 is 1.75 bits per heavy atom. The van der Waals surface area contributed by atoms with Gasteiger partial charge in [-0.15, -0.1) is 11.8 Å². The molecule has 12 heteroatoms. The number of carbonyl (C=O) groups excluding carboxylic acids is 4. The first-order valence-electron chi connectivity index (χ1n) is 13.7. The molecular formula is C32H29BrN2O7S2. The molecule has 44 heavy (non-hydrogen) atoms. The predicted octanol–water partition coefficient (Wildman–Crippen LogP) is 5.32. The van der Waals surface area contributed by atoms with E-state index < -0.39 is 23.4 Å². The number of carbonyl (C=O) groups is 4. The molecule has 5 rings (SSSR count). The van der Waals surface area contributed by atoms with Crippen molar-refractivity contribution in [3.8, 4) is 5.75 Å². The van der Waals surface area contributed by atoms with Gasteiger partial charge < -0.3 is 19.5 Å². The topological polar surface area (TPSA) is 111 Å². The second kappa shape index (κ2) is 14.4. The number of fused-ring (bicyclic) bond motifs is 1. The number of benzene rings is 3. The summed E-state index contributed by atoms with van der Waals surface area (Å²) in [5.74, 6) is -0.643. The zero-order valence-electron chi connectivity index (χ0n) is 23.9. The van der Waals surface area contributed by atoms with Gasteiger partial charge in [-0.3, -0.25) is 14.5 Å². The number of ether oxygens (including phenoxy) is 3. The van der Waals surface area contributed by atoms with Crippen LogP contribution < -0.4 is 10.1 Å². The molecule has 2 aliphatic rings. The molecule has 0 unspecified atom stereocenters. The van der Waals surface area contributed by atoms with E-state index in [0.717, 1.165) is 16.0 Å². The van der Waals surface area contributed by atoms with Crippen LogP contribution >= 0.6 is 39.5 Å². The van der Waals surface area contributed by atoms with Crippen LogP contribution in [0.4, 0.5) is 0 Å². The number of rotatable bonds is 11. The molecule has 0 aliphatic carbocycles. The fraction of sp³-hybridized carbons (Fsp3) is 0.250. The van der Waals surface area contributed by atoms with Gasteiger partial charge in [-0.1, -0.05) is 54.2 Å². The maximum atomic E-state index is 13.6. The molecule has 1 fully saturated rings. The van der Waals surface area contributed by atoms with Crippen molar-refractivity contribution >= 4 is 63.2 Å². The van der Waals surface area contributed by atoms with Crippen LogP contribution in [0.1, 0.15) is 28.4 Å². The Labute approximate surface area is 271 Å². The summed E-state index contributed by atoms with van der Waals surface area (Å²) in [6.07, 6.45) is 0.144.